The van der Waals surface area contributed by atoms with Gasteiger partial charge in [-0.3, -0.25) is 0 Å². The fraction of sp³-hybridized carbons (Fsp3) is 1.00. The Kier molecular flexibility index (Phi) is 4.71. The van der Waals surface area contributed by atoms with E-state index in [0.29, 0.717) is 0 Å². The van der Waals surface area contributed by atoms with Crippen molar-refractivity contribution in [1.29, 1.82) is 0 Å². The number of aliphatic hydroxyl groups excluding tert-OH is 4. The van der Waals surface area contributed by atoms with E-state index in [0.717, 1.165) is 0 Å². The van der Waals surface area contributed by atoms with Crippen LogP contribution in [0.25, 0.3) is 0 Å². The maximum absolute atomic E-state index is 9.78. The number of hydrogen-bond donors (Lipinski definition) is 6. The average molecular weight is 280 g/mol. The van der Waals surface area contributed by atoms with Gasteiger partial charge in [0.2, 0.25) is 0 Å². The van der Waals surface area contributed by atoms with E-state index in [1.165, 1.54) is 0 Å². The Labute approximate surface area is 109 Å². The van der Waals surface area contributed by atoms with Gasteiger partial charge in [0.25, 0.3) is 0 Å². The SMILES string of the molecule is NCC1OC(OC2COC(O)C2O)C(N)C(O)C1O. The smallest absolute Gasteiger partial charge is 0.183 e. The molecule has 2 fully saturated rings. The van der Waals surface area contributed by atoms with Crippen molar-refractivity contribution in [2.24, 2.45) is 11.5 Å². The second-order valence-corrected chi connectivity index (χ2v) is 4.73. The Hall–Kier alpha value is -0.360. The number of ether oxygens (including phenoxy) is 3. The summed E-state index contributed by atoms with van der Waals surface area (Å²) in [4.78, 5) is 0. The topological polar surface area (TPSA) is 161 Å². The largest absolute Gasteiger partial charge is 0.388 e. The molecule has 2 heterocycles. The highest BCUT2D eigenvalue weighted by atomic mass is 16.7. The minimum absolute atomic E-state index is 0.0167. The third-order valence-corrected chi connectivity index (χ3v) is 3.39. The second-order valence-electron chi connectivity index (χ2n) is 4.73. The quantitative estimate of drug-likeness (QED) is 0.301. The predicted octanol–water partition coefficient (Wildman–Crippen LogP) is -4.19. The van der Waals surface area contributed by atoms with Gasteiger partial charge in [-0.1, -0.05) is 0 Å². The molecule has 0 saturated carbocycles. The van der Waals surface area contributed by atoms with E-state index in [1.54, 1.807) is 0 Å². The molecule has 2 rings (SSSR count). The van der Waals surface area contributed by atoms with Crippen LogP contribution in [0.3, 0.4) is 0 Å². The molecule has 0 radical (unpaired) electrons. The van der Waals surface area contributed by atoms with Crippen LogP contribution in [-0.2, 0) is 14.2 Å². The third-order valence-electron chi connectivity index (χ3n) is 3.39. The number of hydrogen-bond acceptors (Lipinski definition) is 9. The van der Waals surface area contributed by atoms with Crippen LogP contribution in [-0.4, -0.2) is 82.7 Å². The summed E-state index contributed by atoms with van der Waals surface area (Å²) >= 11 is 0. The Balaban J connectivity index is 1.99. The molecule has 2 saturated heterocycles. The van der Waals surface area contributed by atoms with Crippen LogP contribution >= 0.6 is 0 Å². The highest BCUT2D eigenvalue weighted by Crippen LogP contribution is 2.24. The first-order valence-electron chi connectivity index (χ1n) is 6.06. The summed E-state index contributed by atoms with van der Waals surface area (Å²) in [5, 5.41) is 38.3. The van der Waals surface area contributed by atoms with E-state index in [9.17, 15) is 20.4 Å². The number of aliphatic hydroxyl groups is 4. The molecule has 9 heteroatoms. The lowest BCUT2D eigenvalue weighted by atomic mass is 9.97. The molecule has 0 amide bonds. The lowest BCUT2D eigenvalue weighted by Gasteiger charge is -2.41. The Morgan fingerprint density at radius 3 is 2.32 bits per heavy atom. The third kappa shape index (κ3) is 2.89. The van der Waals surface area contributed by atoms with Gasteiger partial charge in [-0.25, -0.2) is 0 Å². The van der Waals surface area contributed by atoms with E-state index in [2.05, 4.69) is 0 Å². The van der Waals surface area contributed by atoms with Crippen LogP contribution < -0.4 is 11.5 Å². The van der Waals surface area contributed by atoms with Crippen molar-refractivity contribution in [2.75, 3.05) is 13.2 Å². The van der Waals surface area contributed by atoms with Crippen molar-refractivity contribution in [2.45, 2.75) is 49.1 Å². The second kappa shape index (κ2) is 5.95. The van der Waals surface area contributed by atoms with E-state index in [1.807, 2.05) is 0 Å². The first-order valence-corrected chi connectivity index (χ1v) is 6.06. The van der Waals surface area contributed by atoms with Gasteiger partial charge in [0.05, 0.1) is 12.6 Å². The van der Waals surface area contributed by atoms with Gasteiger partial charge in [0.15, 0.2) is 12.6 Å². The zero-order valence-corrected chi connectivity index (χ0v) is 10.2. The zero-order chi connectivity index (χ0) is 14.2. The lowest BCUT2D eigenvalue weighted by molar-refractivity contribution is -0.275. The maximum atomic E-state index is 9.78. The minimum atomic E-state index is -1.33. The standard InChI is InChI=1S/C10H20N2O7/c11-1-3-6(13)8(15)5(12)10(18-3)19-4-2-17-9(16)7(4)14/h3-10,13-16H,1-2,11-12H2. The van der Waals surface area contributed by atoms with E-state index in [4.69, 9.17) is 25.7 Å². The molecule has 0 aliphatic carbocycles. The normalized spacial score (nSPS) is 51.5. The fourth-order valence-corrected chi connectivity index (χ4v) is 2.14. The van der Waals surface area contributed by atoms with Gasteiger partial charge >= 0.3 is 0 Å². The molecule has 8 unspecified atom stereocenters. The van der Waals surface area contributed by atoms with E-state index >= 15 is 0 Å². The van der Waals surface area contributed by atoms with Crippen LogP contribution in [0.2, 0.25) is 0 Å². The molecule has 0 aromatic rings. The van der Waals surface area contributed by atoms with E-state index in [-0.39, 0.29) is 13.2 Å². The zero-order valence-electron chi connectivity index (χ0n) is 10.2. The van der Waals surface area contributed by atoms with Crippen molar-refractivity contribution in [3.63, 3.8) is 0 Å². The van der Waals surface area contributed by atoms with Crippen molar-refractivity contribution < 1.29 is 34.6 Å². The Morgan fingerprint density at radius 1 is 1.11 bits per heavy atom. The van der Waals surface area contributed by atoms with E-state index < -0.39 is 49.1 Å². The lowest BCUT2D eigenvalue weighted by Crippen LogP contribution is -2.64. The predicted molar refractivity (Wildman–Crippen MR) is 60.5 cm³/mol. The summed E-state index contributed by atoms with van der Waals surface area (Å²) in [6, 6.07) is -0.997. The summed E-state index contributed by atoms with van der Waals surface area (Å²) in [7, 11) is 0. The van der Waals surface area contributed by atoms with Crippen molar-refractivity contribution >= 4 is 0 Å². The highest BCUT2D eigenvalue weighted by Gasteiger charge is 2.46. The maximum Gasteiger partial charge on any atom is 0.183 e. The summed E-state index contributed by atoms with van der Waals surface area (Å²) in [5.41, 5.74) is 11.1. The molecule has 8 N–H and O–H groups in total. The van der Waals surface area contributed by atoms with Gasteiger partial charge in [-0.2, -0.15) is 0 Å². The monoisotopic (exact) mass is 280 g/mol. The van der Waals surface area contributed by atoms with Crippen molar-refractivity contribution in [3.8, 4) is 0 Å². The van der Waals surface area contributed by atoms with Gasteiger partial charge in [0, 0.05) is 6.54 Å². The first-order chi connectivity index (χ1) is 8.95. The van der Waals surface area contributed by atoms with Gasteiger partial charge in [0.1, 0.15) is 30.5 Å². The van der Waals surface area contributed by atoms with Crippen LogP contribution in [0.5, 0.6) is 0 Å². The molecular formula is C10H20N2O7. The Bertz CT molecular complexity index is 306. The molecule has 2 aliphatic rings. The summed E-state index contributed by atoms with van der Waals surface area (Å²) in [6.07, 6.45) is -7.70. The van der Waals surface area contributed by atoms with Crippen LogP contribution in [0.1, 0.15) is 0 Å². The summed E-state index contributed by atoms with van der Waals surface area (Å²) < 4.78 is 15.5. The summed E-state index contributed by atoms with van der Waals surface area (Å²) in [5.74, 6) is 0. The van der Waals surface area contributed by atoms with Crippen molar-refractivity contribution in [1.82, 2.24) is 0 Å². The van der Waals surface area contributed by atoms with Crippen LogP contribution in [0.4, 0.5) is 0 Å². The van der Waals surface area contributed by atoms with Crippen molar-refractivity contribution in [3.05, 3.63) is 0 Å². The van der Waals surface area contributed by atoms with Crippen LogP contribution in [0, 0.1) is 0 Å². The fourth-order valence-electron chi connectivity index (χ4n) is 2.14. The van der Waals surface area contributed by atoms with Gasteiger partial charge in [-0.05, 0) is 0 Å². The molecule has 112 valence electrons. The average Bonchev–Trinajstić information content (AvgIpc) is 2.71. The molecule has 0 bridgehead atoms. The number of nitrogens with two attached hydrogens (primary N) is 2. The molecule has 8 atom stereocenters. The molecule has 19 heavy (non-hydrogen) atoms. The molecule has 0 aromatic heterocycles. The number of rotatable bonds is 3. The van der Waals surface area contributed by atoms with Crippen LogP contribution in [0.15, 0.2) is 0 Å². The minimum Gasteiger partial charge on any atom is -0.388 e. The molecule has 2 aliphatic heterocycles. The van der Waals surface area contributed by atoms with Gasteiger partial charge in [-0.15, -0.1) is 0 Å². The molecule has 0 spiro atoms. The Morgan fingerprint density at radius 2 is 1.79 bits per heavy atom. The first kappa shape index (κ1) is 15.0. The van der Waals surface area contributed by atoms with Gasteiger partial charge < -0.3 is 46.1 Å². The molecular weight excluding hydrogens is 260 g/mol. The highest BCUT2D eigenvalue weighted by molar-refractivity contribution is 4.93. The molecule has 0 aromatic carbocycles. The summed E-state index contributed by atoms with van der Waals surface area (Å²) in [6.45, 7) is -0.0436. The molecule has 9 nitrogen and oxygen atoms in total.